The van der Waals surface area contributed by atoms with E-state index in [0.717, 1.165) is 43.7 Å². The molecular formula is C23H32N4O. The quantitative estimate of drug-likeness (QED) is 0.646. The minimum atomic E-state index is -0.177. The van der Waals surface area contributed by atoms with Gasteiger partial charge in [-0.05, 0) is 41.2 Å². The monoisotopic (exact) mass is 380 g/mol. The lowest BCUT2D eigenvalue weighted by Crippen LogP contribution is -2.43. The van der Waals surface area contributed by atoms with Crippen molar-refractivity contribution in [2.75, 3.05) is 37.7 Å². The zero-order valence-corrected chi connectivity index (χ0v) is 16.9. The summed E-state index contributed by atoms with van der Waals surface area (Å²) >= 11 is 0. The molecule has 5 heteroatoms. The highest BCUT2D eigenvalue weighted by atomic mass is 16.1. The van der Waals surface area contributed by atoms with Crippen LogP contribution < -0.4 is 21.3 Å². The molecule has 1 saturated heterocycles. The summed E-state index contributed by atoms with van der Waals surface area (Å²) in [5.41, 5.74) is 10.2. The van der Waals surface area contributed by atoms with Gasteiger partial charge in [0.05, 0.1) is 12.6 Å². The average Bonchev–Trinajstić information content (AvgIpc) is 2.73. The van der Waals surface area contributed by atoms with Crippen LogP contribution in [0.2, 0.25) is 0 Å². The van der Waals surface area contributed by atoms with E-state index in [2.05, 4.69) is 65.8 Å². The van der Waals surface area contributed by atoms with Crippen LogP contribution in [-0.4, -0.2) is 38.8 Å². The fourth-order valence-electron chi connectivity index (χ4n) is 3.81. The van der Waals surface area contributed by atoms with Crippen molar-refractivity contribution in [2.24, 2.45) is 11.7 Å². The first-order valence-electron chi connectivity index (χ1n) is 10.2. The number of nitrogens with one attached hydrogen (secondary N) is 2. The second-order valence-corrected chi connectivity index (χ2v) is 7.84. The van der Waals surface area contributed by atoms with Gasteiger partial charge >= 0.3 is 0 Å². The Balaban J connectivity index is 1.82. The molecule has 1 aliphatic heterocycles. The molecule has 5 nitrogen and oxygen atoms in total. The Kier molecular flexibility index (Phi) is 7.06. The highest BCUT2D eigenvalue weighted by Crippen LogP contribution is 2.29. The van der Waals surface area contributed by atoms with E-state index < -0.39 is 0 Å². The van der Waals surface area contributed by atoms with Crippen molar-refractivity contribution in [1.82, 2.24) is 10.6 Å². The predicted octanol–water partition coefficient (Wildman–Crippen LogP) is 2.93. The van der Waals surface area contributed by atoms with Gasteiger partial charge in [0.15, 0.2) is 0 Å². The van der Waals surface area contributed by atoms with Gasteiger partial charge in [-0.15, -0.1) is 0 Å². The van der Waals surface area contributed by atoms with Crippen LogP contribution in [0.1, 0.15) is 31.7 Å². The van der Waals surface area contributed by atoms with Gasteiger partial charge in [-0.25, -0.2) is 0 Å². The number of amides is 1. The molecule has 1 amide bonds. The van der Waals surface area contributed by atoms with E-state index >= 15 is 0 Å². The third-order valence-electron chi connectivity index (χ3n) is 5.27. The van der Waals surface area contributed by atoms with Crippen molar-refractivity contribution >= 4 is 11.6 Å². The van der Waals surface area contributed by atoms with Crippen LogP contribution in [0, 0.1) is 5.92 Å². The summed E-state index contributed by atoms with van der Waals surface area (Å²) in [5, 5.41) is 6.17. The number of carbonyl (C=O) groups is 1. The first-order chi connectivity index (χ1) is 13.6. The molecule has 0 aromatic heterocycles. The zero-order valence-electron chi connectivity index (χ0n) is 16.9. The Hall–Kier alpha value is -2.37. The third kappa shape index (κ3) is 5.12. The number of hydrogen-bond acceptors (Lipinski definition) is 4. The van der Waals surface area contributed by atoms with E-state index in [0.29, 0.717) is 5.92 Å². The molecule has 1 aliphatic rings. The molecule has 0 bridgehead atoms. The summed E-state index contributed by atoms with van der Waals surface area (Å²) in [6.45, 7) is 8.60. The normalized spacial score (nSPS) is 15.5. The smallest absolute Gasteiger partial charge is 0.228 e. The van der Waals surface area contributed by atoms with Crippen LogP contribution in [0.15, 0.2) is 48.5 Å². The van der Waals surface area contributed by atoms with Crippen molar-refractivity contribution < 1.29 is 4.79 Å². The molecule has 4 N–H and O–H groups in total. The van der Waals surface area contributed by atoms with Gasteiger partial charge in [-0.3, -0.25) is 4.79 Å². The number of piperazine rings is 1. The fraction of sp³-hybridized carbons (Fsp3) is 0.435. The Bertz CT molecular complexity index is 766. The van der Waals surface area contributed by atoms with Crippen LogP contribution in [0.3, 0.4) is 0 Å². The van der Waals surface area contributed by atoms with Gasteiger partial charge in [0.1, 0.15) is 0 Å². The van der Waals surface area contributed by atoms with Crippen molar-refractivity contribution in [1.29, 1.82) is 0 Å². The minimum Gasteiger partial charge on any atom is -0.369 e. The van der Waals surface area contributed by atoms with Crippen LogP contribution in [0.4, 0.5) is 5.69 Å². The highest BCUT2D eigenvalue weighted by molar-refractivity contribution is 5.84. The van der Waals surface area contributed by atoms with Crippen LogP contribution in [-0.2, 0) is 4.79 Å². The largest absolute Gasteiger partial charge is 0.369 e. The maximum absolute atomic E-state index is 12.5. The van der Waals surface area contributed by atoms with Gasteiger partial charge in [-0.2, -0.15) is 0 Å². The predicted molar refractivity (Wildman–Crippen MR) is 116 cm³/mol. The number of hydrogen-bond donors (Lipinski definition) is 3. The first kappa shape index (κ1) is 20.4. The van der Waals surface area contributed by atoms with Crippen molar-refractivity contribution in [3.8, 4) is 11.1 Å². The van der Waals surface area contributed by atoms with E-state index in [1.165, 1.54) is 11.3 Å². The molecule has 2 aromatic rings. The Morgan fingerprint density at radius 3 is 2.46 bits per heavy atom. The summed E-state index contributed by atoms with van der Waals surface area (Å²) in [6.07, 6.45) is 0.803. The number of rotatable bonds is 7. The fourth-order valence-corrected chi connectivity index (χ4v) is 3.81. The van der Waals surface area contributed by atoms with Crippen molar-refractivity contribution in [3.63, 3.8) is 0 Å². The molecule has 0 spiro atoms. The minimum absolute atomic E-state index is 0.00223. The van der Waals surface area contributed by atoms with Gasteiger partial charge in [0.25, 0.3) is 0 Å². The number of nitrogens with zero attached hydrogens (tertiary/aromatic N) is 1. The molecule has 1 atom stereocenters. The van der Waals surface area contributed by atoms with Crippen LogP contribution in [0.5, 0.6) is 0 Å². The average molecular weight is 381 g/mol. The second-order valence-electron chi connectivity index (χ2n) is 7.84. The van der Waals surface area contributed by atoms with E-state index in [1.54, 1.807) is 0 Å². The lowest BCUT2D eigenvalue weighted by atomic mass is 9.88. The number of nitrogens with two attached hydrogens (primary N) is 1. The summed E-state index contributed by atoms with van der Waals surface area (Å²) < 4.78 is 0. The topological polar surface area (TPSA) is 70.4 Å². The molecule has 0 radical (unpaired) electrons. The highest BCUT2D eigenvalue weighted by Gasteiger charge is 2.21. The number of benzene rings is 2. The zero-order chi connectivity index (χ0) is 19.9. The second kappa shape index (κ2) is 9.71. The maximum Gasteiger partial charge on any atom is 0.228 e. The molecule has 0 unspecified atom stereocenters. The first-order valence-corrected chi connectivity index (χ1v) is 10.2. The summed E-state index contributed by atoms with van der Waals surface area (Å²) in [6, 6.07) is 17.1. The van der Waals surface area contributed by atoms with Crippen molar-refractivity contribution in [3.05, 3.63) is 54.1 Å². The Morgan fingerprint density at radius 2 is 1.82 bits per heavy atom. The molecule has 2 aromatic carbocycles. The Morgan fingerprint density at radius 1 is 1.11 bits per heavy atom. The Labute approximate surface area is 168 Å². The molecular weight excluding hydrogens is 348 g/mol. The molecule has 1 heterocycles. The summed E-state index contributed by atoms with van der Waals surface area (Å²) in [7, 11) is 0. The number of carbonyl (C=O) groups excluding carboxylic acids is 1. The van der Waals surface area contributed by atoms with Gasteiger partial charge < -0.3 is 21.3 Å². The van der Waals surface area contributed by atoms with E-state index in [9.17, 15) is 4.79 Å². The maximum atomic E-state index is 12.5. The van der Waals surface area contributed by atoms with Crippen molar-refractivity contribution in [2.45, 2.75) is 26.2 Å². The van der Waals surface area contributed by atoms with Gasteiger partial charge in [-0.1, -0.05) is 50.2 Å². The molecule has 1 fully saturated rings. The van der Waals surface area contributed by atoms with Crippen LogP contribution in [0.25, 0.3) is 11.1 Å². The SMILES string of the molecule is CC(C)C[C@@H](C(=O)NCN)c1cccc(-c2ccc(N3CCNCC3)cc2)c1. The van der Waals surface area contributed by atoms with E-state index in [1.807, 2.05) is 12.1 Å². The molecule has 0 aliphatic carbocycles. The summed E-state index contributed by atoms with van der Waals surface area (Å²) in [5.74, 6) is 0.251. The molecule has 0 saturated carbocycles. The van der Waals surface area contributed by atoms with Crippen LogP contribution >= 0.6 is 0 Å². The third-order valence-corrected chi connectivity index (χ3v) is 5.27. The lowest BCUT2D eigenvalue weighted by molar-refractivity contribution is -0.122. The molecule has 3 rings (SSSR count). The summed E-state index contributed by atoms with van der Waals surface area (Å²) in [4.78, 5) is 15.0. The van der Waals surface area contributed by atoms with Gasteiger partial charge in [0.2, 0.25) is 5.91 Å². The standard InChI is InChI=1S/C23H32N4O/c1-17(2)14-22(23(28)26-16-24)20-5-3-4-19(15-20)18-6-8-21(9-7-18)27-12-10-25-11-13-27/h3-9,15,17,22,25H,10-14,16,24H2,1-2H3,(H,26,28)/t22-/m1/s1. The van der Waals surface area contributed by atoms with Gasteiger partial charge in [0, 0.05) is 31.9 Å². The lowest BCUT2D eigenvalue weighted by Gasteiger charge is -2.29. The van der Waals surface area contributed by atoms with E-state index in [-0.39, 0.29) is 18.5 Å². The van der Waals surface area contributed by atoms with E-state index in [4.69, 9.17) is 5.73 Å². The molecule has 28 heavy (non-hydrogen) atoms. The number of anilines is 1. The molecule has 150 valence electrons.